The van der Waals surface area contributed by atoms with Crippen LogP contribution in [0.5, 0.6) is 0 Å². The van der Waals surface area contributed by atoms with Crippen LogP contribution in [0.1, 0.15) is 91.9 Å². The molecule has 19 unspecified atom stereocenters. The molecule has 3 rings (SSSR count). The van der Waals surface area contributed by atoms with E-state index in [1.165, 1.54) is 13.0 Å². The Labute approximate surface area is 381 Å². The molecule has 19 atom stereocenters. The molecule has 0 aromatic rings. The lowest BCUT2D eigenvalue weighted by molar-refractivity contribution is -0.310. The number of fused-ring (bicyclic) bond motifs is 2. The Kier molecular flexibility index (Phi) is 23.8. The van der Waals surface area contributed by atoms with E-state index in [4.69, 9.17) is 24.7 Å². The van der Waals surface area contributed by atoms with E-state index in [0.717, 1.165) is 12.8 Å². The summed E-state index contributed by atoms with van der Waals surface area (Å²) in [6, 6.07) is -1.14. The summed E-state index contributed by atoms with van der Waals surface area (Å²) >= 11 is 0. The minimum atomic E-state index is -2.35. The molecule has 0 aromatic carbocycles. The highest BCUT2D eigenvalue weighted by Gasteiger charge is 2.51. The number of aliphatic carboxylic acids is 1. The highest BCUT2D eigenvalue weighted by Crippen LogP contribution is 2.38. The van der Waals surface area contributed by atoms with Gasteiger partial charge in [-0.3, -0.25) is 9.59 Å². The number of nitrogens with two attached hydrogens (primary N) is 1. The number of cyclic esters (lactones) is 1. The topological polar surface area (TPSA) is 320 Å². The molecule has 3 aliphatic rings. The number of carboxylic acid groups (broad SMARTS) is 1. The molecule has 65 heavy (non-hydrogen) atoms. The van der Waals surface area contributed by atoms with Gasteiger partial charge < -0.3 is 80.9 Å². The third-order valence-electron chi connectivity index (χ3n) is 12.2. The minimum Gasteiger partial charge on any atom is -0.481 e. The third-order valence-corrected chi connectivity index (χ3v) is 12.2. The van der Waals surface area contributed by atoms with Crippen LogP contribution in [0.2, 0.25) is 0 Å². The molecule has 2 fully saturated rings. The van der Waals surface area contributed by atoms with E-state index in [1.54, 1.807) is 38.2 Å². The first-order valence-corrected chi connectivity index (χ1v) is 22.6. The Morgan fingerprint density at radius 1 is 0.692 bits per heavy atom. The van der Waals surface area contributed by atoms with E-state index in [0.29, 0.717) is 0 Å². The maximum atomic E-state index is 12.6. The predicted molar refractivity (Wildman–Crippen MR) is 237 cm³/mol. The van der Waals surface area contributed by atoms with E-state index < -0.39 is 141 Å². The Hall–Kier alpha value is -3.18. The van der Waals surface area contributed by atoms with Crippen LogP contribution in [-0.4, -0.2) is 166 Å². The first kappa shape index (κ1) is 56.1. The highest BCUT2D eigenvalue weighted by molar-refractivity contribution is 5.71. The van der Waals surface area contributed by atoms with Gasteiger partial charge in [0.25, 0.3) is 0 Å². The van der Waals surface area contributed by atoms with E-state index in [1.807, 2.05) is 49.5 Å². The molecule has 2 bridgehead atoms. The molecule has 0 spiro atoms. The van der Waals surface area contributed by atoms with Gasteiger partial charge >= 0.3 is 11.9 Å². The summed E-state index contributed by atoms with van der Waals surface area (Å²) in [5.41, 5.74) is 6.02. The van der Waals surface area contributed by atoms with Gasteiger partial charge in [0.2, 0.25) is 0 Å². The smallest absolute Gasteiger partial charge is 0.311 e. The van der Waals surface area contributed by atoms with Crippen LogP contribution in [0.25, 0.3) is 0 Å². The summed E-state index contributed by atoms with van der Waals surface area (Å²) in [5.74, 6) is -6.82. The summed E-state index contributed by atoms with van der Waals surface area (Å²) in [6.45, 7) is 6.78. The predicted octanol–water partition coefficient (Wildman–Crippen LogP) is 0.936. The van der Waals surface area contributed by atoms with Crippen molar-refractivity contribution in [2.24, 2.45) is 23.5 Å². The van der Waals surface area contributed by atoms with Gasteiger partial charge in [-0.1, -0.05) is 86.8 Å². The zero-order valence-corrected chi connectivity index (χ0v) is 37.8. The quantitative estimate of drug-likeness (QED) is 0.175. The van der Waals surface area contributed by atoms with Crippen molar-refractivity contribution in [2.75, 3.05) is 0 Å². The van der Waals surface area contributed by atoms with Crippen LogP contribution in [0, 0.1) is 17.8 Å². The first-order chi connectivity index (χ1) is 30.6. The van der Waals surface area contributed by atoms with Crippen LogP contribution >= 0.6 is 0 Å². The molecule has 3 aliphatic heterocycles. The second-order valence-electron chi connectivity index (χ2n) is 17.8. The van der Waals surface area contributed by atoms with Gasteiger partial charge in [0.15, 0.2) is 12.1 Å². The molecule has 0 radical (unpaired) electrons. The van der Waals surface area contributed by atoms with Crippen molar-refractivity contribution in [3.05, 3.63) is 72.9 Å². The fourth-order valence-electron chi connectivity index (χ4n) is 8.11. The first-order valence-electron chi connectivity index (χ1n) is 22.6. The SMILES string of the molecule is CC1/C=C/C=C/CC/C=C/C=C/C=C/C=C\C(OC2OC(C)C(O)C(N)C2O)CC2OC(O)(CC(O)C(O)CCC(O)CC(O)CC(O)CC(=O)OC(C)C(C)C1O)CC(O)C2C(=O)O. The Morgan fingerprint density at radius 3 is 1.94 bits per heavy atom. The number of aliphatic hydroxyl groups excluding tert-OH is 9. The third kappa shape index (κ3) is 18.8. The van der Waals surface area contributed by atoms with Crippen LogP contribution in [-0.2, 0) is 28.5 Å². The average molecular weight is 926 g/mol. The van der Waals surface area contributed by atoms with Crippen LogP contribution < -0.4 is 5.73 Å². The van der Waals surface area contributed by atoms with Gasteiger partial charge in [0, 0.05) is 31.1 Å². The normalized spacial score (nSPS) is 45.2. The van der Waals surface area contributed by atoms with Crippen molar-refractivity contribution in [3.63, 3.8) is 0 Å². The number of aliphatic hydroxyl groups is 10. The number of carbonyl (C=O) groups is 2. The standard InChI is InChI=1S/C47H75NO17/c1-27-17-15-13-11-9-7-5-6-8-10-12-14-16-18-34(64-46-44(58)41(48)43(57)30(4)63-46)24-38-40(45(59)60)37(54)26-47(61,65-38)25-36(53)35(52)20-19-31(49)21-32(50)22-33(51)23-39(55)62-29(3)28(2)42(27)56/h5-6,8,10-18,27-38,40-44,46,49-54,56-58,61H,7,9,19-26,48H2,1-4H3,(H,59,60)/b6-5+,10-8+,13-11+,14-12+,17-15+,18-16-. The summed E-state index contributed by atoms with van der Waals surface area (Å²) < 4.78 is 23.2. The monoisotopic (exact) mass is 926 g/mol. The number of hydrogen-bond acceptors (Lipinski definition) is 17. The van der Waals surface area contributed by atoms with E-state index in [2.05, 4.69) is 0 Å². The van der Waals surface area contributed by atoms with Gasteiger partial charge in [-0.2, -0.15) is 0 Å². The number of esters is 1. The summed E-state index contributed by atoms with van der Waals surface area (Å²) in [6.07, 6.45) is 2.28. The Morgan fingerprint density at radius 2 is 1.28 bits per heavy atom. The fourth-order valence-corrected chi connectivity index (χ4v) is 8.11. The Balaban J connectivity index is 1.84. The van der Waals surface area contributed by atoms with Gasteiger partial charge in [0.1, 0.15) is 18.1 Å². The number of hydrogen-bond donors (Lipinski definition) is 12. The van der Waals surface area contributed by atoms with Crippen LogP contribution in [0.3, 0.4) is 0 Å². The summed E-state index contributed by atoms with van der Waals surface area (Å²) in [4.78, 5) is 25.1. The fraction of sp³-hybridized carbons (Fsp3) is 0.702. The van der Waals surface area contributed by atoms with Gasteiger partial charge in [0.05, 0.1) is 79.6 Å². The Bertz CT molecular complexity index is 1620. The molecule has 0 aliphatic carbocycles. The summed E-state index contributed by atoms with van der Waals surface area (Å²) in [7, 11) is 0. The van der Waals surface area contributed by atoms with Crippen LogP contribution in [0.15, 0.2) is 72.9 Å². The second-order valence-corrected chi connectivity index (χ2v) is 17.8. The molecule has 18 nitrogen and oxygen atoms in total. The van der Waals surface area contributed by atoms with Gasteiger partial charge in [-0.15, -0.1) is 0 Å². The number of ether oxygens (including phenoxy) is 4. The molecule has 370 valence electrons. The molecule has 3 heterocycles. The van der Waals surface area contributed by atoms with E-state index >= 15 is 0 Å². The van der Waals surface area contributed by atoms with E-state index in [9.17, 15) is 65.8 Å². The largest absolute Gasteiger partial charge is 0.481 e. The van der Waals surface area contributed by atoms with Crippen LogP contribution in [0.4, 0.5) is 0 Å². The molecule has 0 aromatic heterocycles. The number of carboxylic acids is 1. The van der Waals surface area contributed by atoms with Crippen molar-refractivity contribution >= 4 is 11.9 Å². The van der Waals surface area contributed by atoms with Gasteiger partial charge in [-0.25, -0.2) is 0 Å². The lowest BCUT2D eigenvalue weighted by Crippen LogP contribution is -2.61. The zero-order valence-electron chi connectivity index (χ0n) is 37.8. The lowest BCUT2D eigenvalue weighted by Gasteiger charge is -2.45. The maximum absolute atomic E-state index is 12.6. The van der Waals surface area contributed by atoms with Crippen molar-refractivity contribution in [1.29, 1.82) is 0 Å². The number of allylic oxidation sites excluding steroid dienone is 10. The summed E-state index contributed by atoms with van der Waals surface area (Å²) in [5, 5.41) is 118. The lowest BCUT2D eigenvalue weighted by atomic mass is 9.82. The molecule has 13 N–H and O–H groups in total. The van der Waals surface area contributed by atoms with Crippen molar-refractivity contribution in [1.82, 2.24) is 0 Å². The van der Waals surface area contributed by atoms with Crippen molar-refractivity contribution in [3.8, 4) is 0 Å². The molecule has 0 amide bonds. The van der Waals surface area contributed by atoms with Crippen molar-refractivity contribution < 1.29 is 84.7 Å². The van der Waals surface area contributed by atoms with E-state index in [-0.39, 0.29) is 38.0 Å². The molecule has 0 saturated carbocycles. The van der Waals surface area contributed by atoms with Gasteiger partial charge in [-0.05, 0) is 52.4 Å². The zero-order chi connectivity index (χ0) is 48.4. The number of rotatable bonds is 3. The maximum Gasteiger partial charge on any atom is 0.311 e. The minimum absolute atomic E-state index is 0.138. The average Bonchev–Trinajstić information content (AvgIpc) is 3.21. The molecular weight excluding hydrogens is 851 g/mol. The molecular formula is C47H75NO17. The van der Waals surface area contributed by atoms with Crippen molar-refractivity contribution in [2.45, 2.75) is 189 Å². The highest BCUT2D eigenvalue weighted by atomic mass is 16.7. The molecule has 2 saturated heterocycles. The number of carbonyl (C=O) groups excluding carboxylic acids is 1. The molecule has 18 heteroatoms. The second kappa shape index (κ2) is 27.6.